The summed E-state index contributed by atoms with van der Waals surface area (Å²) in [6, 6.07) is 1.63. The van der Waals surface area contributed by atoms with Crippen LogP contribution in [0.5, 0.6) is 0 Å². The van der Waals surface area contributed by atoms with Crippen LogP contribution in [0.15, 0.2) is 23.4 Å². The maximum atomic E-state index is 11.1. The fourth-order valence-corrected chi connectivity index (χ4v) is 2.06. The minimum atomic E-state index is -3.61. The summed E-state index contributed by atoms with van der Waals surface area (Å²) in [6.07, 6.45) is 6.46. The van der Waals surface area contributed by atoms with Crippen molar-refractivity contribution in [1.29, 1.82) is 0 Å². The summed E-state index contributed by atoms with van der Waals surface area (Å²) in [5, 5.41) is 5.02. The van der Waals surface area contributed by atoms with Gasteiger partial charge in [-0.15, -0.1) is 0 Å². The van der Waals surface area contributed by atoms with E-state index in [0.717, 1.165) is 18.4 Å². The molecule has 1 aromatic rings. The Morgan fingerprint density at radius 1 is 1.36 bits per heavy atom. The lowest BCUT2D eigenvalue weighted by molar-refractivity contribution is 0.418. The number of nitrogens with two attached hydrogens (primary N) is 1. The monoisotopic (exact) mass is 212 g/mol. The lowest BCUT2D eigenvalue weighted by Gasteiger charge is -2.25. The van der Waals surface area contributed by atoms with Gasteiger partial charge in [0.1, 0.15) is 4.90 Å². The van der Waals surface area contributed by atoms with Crippen LogP contribution in [0.3, 0.4) is 0 Å². The molecule has 0 aromatic carbocycles. The second kappa shape index (κ2) is 3.33. The van der Waals surface area contributed by atoms with Crippen molar-refractivity contribution in [2.45, 2.75) is 30.1 Å². The standard InChI is InChI=1S/C9H12N2O2S/c10-14(12,13)9-4-8(5-11-6-9)7-2-1-3-7/h4-7H,1-3H2,(H2,10,12,13). The van der Waals surface area contributed by atoms with E-state index in [9.17, 15) is 8.42 Å². The third-order valence-electron chi connectivity index (χ3n) is 2.64. The molecule has 1 aliphatic rings. The van der Waals surface area contributed by atoms with Crippen LogP contribution < -0.4 is 5.14 Å². The Kier molecular flexibility index (Phi) is 2.28. The molecule has 0 atom stereocenters. The molecule has 1 heterocycles. The second-order valence-electron chi connectivity index (χ2n) is 3.63. The van der Waals surface area contributed by atoms with Gasteiger partial charge in [-0.05, 0) is 30.4 Å². The Labute approximate surface area is 83.2 Å². The predicted octanol–water partition coefficient (Wildman–Crippen LogP) is 0.996. The molecule has 1 aromatic heterocycles. The minimum Gasteiger partial charge on any atom is -0.263 e. The van der Waals surface area contributed by atoms with Crippen LogP contribution in [0.4, 0.5) is 0 Å². The molecule has 0 amide bonds. The first-order chi connectivity index (χ1) is 6.57. The Hall–Kier alpha value is -0.940. The van der Waals surface area contributed by atoms with Crippen LogP contribution in [0, 0.1) is 0 Å². The molecule has 1 saturated carbocycles. The van der Waals surface area contributed by atoms with Crippen molar-refractivity contribution >= 4 is 10.0 Å². The largest absolute Gasteiger partial charge is 0.263 e. The van der Waals surface area contributed by atoms with Crippen LogP contribution in [0.2, 0.25) is 0 Å². The molecule has 0 spiro atoms. The summed E-state index contributed by atoms with van der Waals surface area (Å²) in [6.45, 7) is 0. The van der Waals surface area contributed by atoms with Gasteiger partial charge in [0.2, 0.25) is 10.0 Å². The van der Waals surface area contributed by atoms with Gasteiger partial charge >= 0.3 is 0 Å². The van der Waals surface area contributed by atoms with E-state index in [1.165, 1.54) is 12.6 Å². The number of rotatable bonds is 2. The first kappa shape index (κ1) is 9.61. The number of primary sulfonamides is 1. The zero-order valence-electron chi connectivity index (χ0n) is 7.68. The van der Waals surface area contributed by atoms with E-state index in [-0.39, 0.29) is 4.90 Å². The third-order valence-corrected chi connectivity index (χ3v) is 3.52. The van der Waals surface area contributed by atoms with Gasteiger partial charge in [-0.25, -0.2) is 13.6 Å². The molecule has 0 radical (unpaired) electrons. The number of nitrogens with zero attached hydrogens (tertiary/aromatic N) is 1. The highest BCUT2D eigenvalue weighted by molar-refractivity contribution is 7.89. The molecule has 0 bridgehead atoms. The fraction of sp³-hybridized carbons (Fsp3) is 0.444. The molecule has 76 valence electrons. The highest BCUT2D eigenvalue weighted by Crippen LogP contribution is 2.36. The van der Waals surface area contributed by atoms with E-state index >= 15 is 0 Å². The highest BCUT2D eigenvalue weighted by Gasteiger charge is 2.21. The first-order valence-corrected chi connectivity index (χ1v) is 6.10. The molecule has 5 heteroatoms. The molecular weight excluding hydrogens is 200 g/mol. The number of aromatic nitrogens is 1. The van der Waals surface area contributed by atoms with Crippen LogP contribution >= 0.6 is 0 Å². The SMILES string of the molecule is NS(=O)(=O)c1cncc(C2CCC2)c1. The summed E-state index contributed by atoms with van der Waals surface area (Å²) < 4.78 is 22.1. The van der Waals surface area contributed by atoms with E-state index in [4.69, 9.17) is 5.14 Å². The number of pyridine rings is 1. The first-order valence-electron chi connectivity index (χ1n) is 4.55. The zero-order valence-corrected chi connectivity index (χ0v) is 8.50. The average molecular weight is 212 g/mol. The van der Waals surface area contributed by atoms with Gasteiger partial charge in [-0.3, -0.25) is 4.98 Å². The van der Waals surface area contributed by atoms with E-state index in [1.54, 1.807) is 12.3 Å². The van der Waals surface area contributed by atoms with Gasteiger partial charge in [0.25, 0.3) is 0 Å². The van der Waals surface area contributed by atoms with Crippen molar-refractivity contribution in [3.05, 3.63) is 24.0 Å². The molecule has 4 nitrogen and oxygen atoms in total. The Balaban J connectivity index is 2.36. The number of hydrogen-bond acceptors (Lipinski definition) is 3. The summed E-state index contributed by atoms with van der Waals surface area (Å²) in [4.78, 5) is 4.01. The molecule has 0 saturated heterocycles. The quantitative estimate of drug-likeness (QED) is 0.794. The Morgan fingerprint density at radius 2 is 2.07 bits per heavy atom. The van der Waals surface area contributed by atoms with Crippen molar-refractivity contribution in [3.63, 3.8) is 0 Å². The molecule has 2 N–H and O–H groups in total. The van der Waals surface area contributed by atoms with Crippen molar-refractivity contribution in [2.24, 2.45) is 5.14 Å². The molecule has 14 heavy (non-hydrogen) atoms. The molecule has 0 unspecified atom stereocenters. The van der Waals surface area contributed by atoms with Gasteiger partial charge in [-0.2, -0.15) is 0 Å². The maximum absolute atomic E-state index is 11.1. The van der Waals surface area contributed by atoms with Crippen LogP contribution in [-0.4, -0.2) is 13.4 Å². The third kappa shape index (κ3) is 1.78. The molecular formula is C9H12N2O2S. The van der Waals surface area contributed by atoms with Gasteiger partial charge in [-0.1, -0.05) is 6.42 Å². The van der Waals surface area contributed by atoms with Crippen LogP contribution in [0.1, 0.15) is 30.7 Å². The van der Waals surface area contributed by atoms with E-state index in [0.29, 0.717) is 5.92 Å². The topological polar surface area (TPSA) is 73.1 Å². The second-order valence-corrected chi connectivity index (χ2v) is 5.19. The van der Waals surface area contributed by atoms with Gasteiger partial charge in [0.05, 0.1) is 0 Å². The van der Waals surface area contributed by atoms with E-state index in [2.05, 4.69) is 4.98 Å². The average Bonchev–Trinajstić information content (AvgIpc) is 2.00. The summed E-state index contributed by atoms with van der Waals surface area (Å²) in [7, 11) is -3.61. The lowest BCUT2D eigenvalue weighted by Crippen LogP contribution is -2.15. The van der Waals surface area contributed by atoms with Gasteiger partial charge in [0.15, 0.2) is 0 Å². The predicted molar refractivity (Wildman–Crippen MR) is 52.2 cm³/mol. The molecule has 1 aliphatic carbocycles. The van der Waals surface area contributed by atoms with Crippen molar-refractivity contribution in [1.82, 2.24) is 4.98 Å². The Bertz CT molecular complexity index is 438. The molecule has 2 rings (SSSR count). The fourth-order valence-electron chi connectivity index (χ4n) is 1.56. The van der Waals surface area contributed by atoms with Crippen molar-refractivity contribution in [3.8, 4) is 0 Å². The smallest absolute Gasteiger partial charge is 0.239 e. The van der Waals surface area contributed by atoms with Gasteiger partial charge in [0, 0.05) is 12.4 Å². The lowest BCUT2D eigenvalue weighted by atomic mass is 9.81. The summed E-state index contributed by atoms with van der Waals surface area (Å²) in [5.74, 6) is 0.476. The van der Waals surface area contributed by atoms with Crippen molar-refractivity contribution < 1.29 is 8.42 Å². The highest BCUT2D eigenvalue weighted by atomic mass is 32.2. The number of hydrogen-bond donors (Lipinski definition) is 1. The molecule has 1 fully saturated rings. The normalized spacial score (nSPS) is 17.8. The minimum absolute atomic E-state index is 0.113. The van der Waals surface area contributed by atoms with Crippen LogP contribution in [-0.2, 0) is 10.0 Å². The zero-order chi connectivity index (χ0) is 10.2. The van der Waals surface area contributed by atoms with E-state index < -0.39 is 10.0 Å². The molecule has 0 aliphatic heterocycles. The summed E-state index contributed by atoms with van der Waals surface area (Å²) >= 11 is 0. The van der Waals surface area contributed by atoms with Crippen LogP contribution in [0.25, 0.3) is 0 Å². The number of sulfonamides is 1. The van der Waals surface area contributed by atoms with Crippen molar-refractivity contribution in [2.75, 3.05) is 0 Å². The maximum Gasteiger partial charge on any atom is 0.239 e. The van der Waals surface area contributed by atoms with Gasteiger partial charge < -0.3 is 0 Å². The van der Waals surface area contributed by atoms with E-state index in [1.807, 2.05) is 0 Å². The Morgan fingerprint density at radius 3 is 2.57 bits per heavy atom. The summed E-state index contributed by atoms with van der Waals surface area (Å²) in [5.41, 5.74) is 0.989.